The van der Waals surface area contributed by atoms with Crippen LogP contribution in [0, 0.1) is 25.7 Å². The molecule has 2 fully saturated rings. The van der Waals surface area contributed by atoms with Crippen molar-refractivity contribution in [3.05, 3.63) is 41.5 Å². The summed E-state index contributed by atoms with van der Waals surface area (Å²) in [5, 5.41) is 2.86. The van der Waals surface area contributed by atoms with Gasteiger partial charge in [0.1, 0.15) is 11.5 Å². The van der Waals surface area contributed by atoms with Crippen molar-refractivity contribution in [3.63, 3.8) is 0 Å². The number of aryl methyl sites for hydroxylation is 2. The zero-order chi connectivity index (χ0) is 23.4. The monoisotopic (exact) mass is 440 g/mol. The van der Waals surface area contributed by atoms with E-state index >= 15 is 0 Å². The number of nitrogens with one attached hydrogen (secondary N) is 1. The maximum Gasteiger partial charge on any atom is 0.313 e. The summed E-state index contributed by atoms with van der Waals surface area (Å²) in [7, 11) is 0. The lowest BCUT2D eigenvalue weighted by Gasteiger charge is -2.27. The van der Waals surface area contributed by atoms with Gasteiger partial charge >= 0.3 is 5.97 Å². The molecular formula is C25H32N2O5. The van der Waals surface area contributed by atoms with Crippen LogP contribution in [0.2, 0.25) is 0 Å². The fourth-order valence-electron chi connectivity index (χ4n) is 5.07. The third-order valence-electron chi connectivity index (χ3n) is 6.44. The average Bonchev–Trinajstić information content (AvgIpc) is 3.33. The van der Waals surface area contributed by atoms with Crippen molar-refractivity contribution in [2.45, 2.75) is 71.3 Å². The van der Waals surface area contributed by atoms with E-state index in [1.807, 2.05) is 65.0 Å². The molecule has 2 amide bonds. The summed E-state index contributed by atoms with van der Waals surface area (Å²) < 4.78 is 11.8. The molecule has 32 heavy (non-hydrogen) atoms. The minimum Gasteiger partial charge on any atom is -0.452 e. The number of benzene rings is 1. The quantitative estimate of drug-likeness (QED) is 0.562. The van der Waals surface area contributed by atoms with Crippen molar-refractivity contribution in [2.24, 2.45) is 11.8 Å². The predicted octanol–water partition coefficient (Wildman–Crippen LogP) is 2.83. The molecular weight excluding hydrogens is 408 g/mol. The highest BCUT2D eigenvalue weighted by Crippen LogP contribution is 2.53. The predicted molar refractivity (Wildman–Crippen MR) is 120 cm³/mol. The third-order valence-corrected chi connectivity index (χ3v) is 6.44. The molecule has 0 aromatic heterocycles. The number of rotatable bonds is 5. The average molecular weight is 441 g/mol. The highest BCUT2D eigenvalue weighted by atomic mass is 16.6. The van der Waals surface area contributed by atoms with Gasteiger partial charge in [-0.1, -0.05) is 36.8 Å². The number of anilines is 1. The molecule has 2 saturated heterocycles. The number of nitrogens with zero attached hydrogens (tertiary/aromatic N) is 1. The molecule has 0 unspecified atom stereocenters. The number of hydrogen-bond donors (Lipinski definition) is 1. The van der Waals surface area contributed by atoms with Gasteiger partial charge in [0, 0.05) is 11.2 Å². The number of carbonyl (C=O) groups is 3. The maximum absolute atomic E-state index is 13.5. The second-order valence-corrected chi connectivity index (χ2v) is 10.2. The largest absolute Gasteiger partial charge is 0.452 e. The molecule has 0 saturated carbocycles. The van der Waals surface area contributed by atoms with Crippen molar-refractivity contribution in [2.75, 3.05) is 11.4 Å². The van der Waals surface area contributed by atoms with E-state index in [2.05, 4.69) is 5.32 Å². The van der Waals surface area contributed by atoms with Crippen molar-refractivity contribution in [1.29, 1.82) is 0 Å². The summed E-state index contributed by atoms with van der Waals surface area (Å²) in [6, 6.07) is 5.95. The van der Waals surface area contributed by atoms with Gasteiger partial charge in [-0.05, 0) is 52.7 Å². The molecule has 3 heterocycles. The van der Waals surface area contributed by atoms with Crippen LogP contribution in [0.4, 0.5) is 5.69 Å². The first-order chi connectivity index (χ1) is 15.0. The van der Waals surface area contributed by atoms with Gasteiger partial charge in [0.15, 0.2) is 6.10 Å². The zero-order valence-corrected chi connectivity index (χ0v) is 19.6. The number of hydrogen-bond acceptors (Lipinski definition) is 5. The first-order valence-corrected chi connectivity index (χ1v) is 11.2. The minimum atomic E-state index is -0.910. The summed E-state index contributed by atoms with van der Waals surface area (Å²) in [6.45, 7) is 11.8. The topological polar surface area (TPSA) is 84.9 Å². The molecule has 1 aromatic carbocycles. The molecule has 2 bridgehead atoms. The van der Waals surface area contributed by atoms with Crippen molar-refractivity contribution < 1.29 is 23.9 Å². The van der Waals surface area contributed by atoms with Crippen LogP contribution in [0.3, 0.4) is 0 Å². The summed E-state index contributed by atoms with van der Waals surface area (Å²) in [5.74, 6) is -2.46. The molecule has 1 aromatic rings. The van der Waals surface area contributed by atoms with Crippen LogP contribution in [-0.4, -0.2) is 47.7 Å². The molecule has 1 N–H and O–H groups in total. The van der Waals surface area contributed by atoms with Crippen molar-refractivity contribution >= 4 is 23.5 Å². The van der Waals surface area contributed by atoms with E-state index in [0.717, 1.165) is 16.8 Å². The Bertz CT molecular complexity index is 995. The Kier molecular flexibility index (Phi) is 5.44. The Labute approximate surface area is 189 Å². The van der Waals surface area contributed by atoms with Gasteiger partial charge in [0.05, 0.1) is 18.6 Å². The highest BCUT2D eigenvalue weighted by molar-refractivity contribution is 6.03. The van der Waals surface area contributed by atoms with Gasteiger partial charge in [0.25, 0.3) is 5.91 Å². The van der Waals surface area contributed by atoms with Gasteiger partial charge in [0.2, 0.25) is 5.91 Å². The number of amides is 2. The van der Waals surface area contributed by atoms with Crippen molar-refractivity contribution in [1.82, 2.24) is 5.32 Å². The second-order valence-electron chi connectivity index (χ2n) is 10.2. The smallest absolute Gasteiger partial charge is 0.313 e. The Morgan fingerprint density at radius 1 is 1.31 bits per heavy atom. The molecule has 4 rings (SSSR count). The van der Waals surface area contributed by atoms with E-state index in [9.17, 15) is 14.4 Å². The lowest BCUT2D eigenvalue weighted by atomic mass is 9.77. The van der Waals surface area contributed by atoms with Crippen molar-refractivity contribution in [3.8, 4) is 0 Å². The van der Waals surface area contributed by atoms with Gasteiger partial charge in [-0.15, -0.1) is 0 Å². The highest BCUT2D eigenvalue weighted by Gasteiger charge is 2.67. The van der Waals surface area contributed by atoms with E-state index in [1.165, 1.54) is 0 Å². The zero-order valence-electron chi connectivity index (χ0n) is 19.6. The molecule has 0 radical (unpaired) electrons. The lowest BCUT2D eigenvalue weighted by Crippen LogP contribution is -2.48. The third kappa shape index (κ3) is 3.72. The van der Waals surface area contributed by atoms with Gasteiger partial charge in [-0.3, -0.25) is 14.4 Å². The molecule has 5 atom stereocenters. The van der Waals surface area contributed by atoms with E-state index in [1.54, 1.807) is 11.8 Å². The fourth-order valence-corrected chi connectivity index (χ4v) is 5.07. The maximum atomic E-state index is 13.5. The molecule has 3 aliphatic rings. The van der Waals surface area contributed by atoms with E-state index in [-0.39, 0.29) is 11.8 Å². The van der Waals surface area contributed by atoms with Gasteiger partial charge in [-0.2, -0.15) is 0 Å². The van der Waals surface area contributed by atoms with E-state index in [0.29, 0.717) is 13.0 Å². The molecule has 1 spiro atoms. The van der Waals surface area contributed by atoms with Crippen LogP contribution >= 0.6 is 0 Å². The molecule has 7 nitrogen and oxygen atoms in total. The Hall–Kier alpha value is -2.67. The summed E-state index contributed by atoms with van der Waals surface area (Å²) >= 11 is 0. The summed E-state index contributed by atoms with van der Waals surface area (Å²) in [4.78, 5) is 41.1. The van der Waals surface area contributed by atoms with Gasteiger partial charge in [-0.25, -0.2) is 0 Å². The lowest BCUT2D eigenvalue weighted by molar-refractivity contribution is -0.163. The molecule has 7 heteroatoms. The number of carbonyl (C=O) groups excluding carboxylic acids is 3. The normalized spacial score (nSPS) is 29.2. The summed E-state index contributed by atoms with van der Waals surface area (Å²) in [5.41, 5.74) is 1.67. The Balaban J connectivity index is 1.56. The SMILES string of the molecule is CC[C@H](OC(=O)[C@@H]1[C@H]2C(=O)N(c3ccc(C)cc3C)C[C@@]23C=C[C@H]1O3)C(=O)NC(C)(C)C. The standard InChI is InChI=1S/C25H32N2O5/c1-7-17(21(28)26-24(4,5)6)31-23(30)19-18-10-11-25(32-18)13-27(22(29)20(19)25)16-9-8-14(2)12-15(16)3/h8-12,17-20H,7,13H2,1-6H3,(H,26,28)/t17-,18+,19-,20-,25-/m0/s1. The van der Waals surface area contributed by atoms with E-state index in [4.69, 9.17) is 9.47 Å². The van der Waals surface area contributed by atoms with Gasteiger partial charge < -0.3 is 19.7 Å². The first-order valence-electron chi connectivity index (χ1n) is 11.2. The van der Waals surface area contributed by atoms with Crippen LogP contribution < -0.4 is 10.2 Å². The molecule has 172 valence electrons. The van der Waals surface area contributed by atoms with Crippen LogP contribution in [0.5, 0.6) is 0 Å². The molecule has 3 aliphatic heterocycles. The number of fused-ring (bicyclic) bond motifs is 1. The second kappa shape index (κ2) is 7.73. The van der Waals surface area contributed by atoms with Crippen LogP contribution in [-0.2, 0) is 23.9 Å². The molecule has 0 aliphatic carbocycles. The number of ether oxygens (including phenoxy) is 2. The Morgan fingerprint density at radius 2 is 2.03 bits per heavy atom. The minimum absolute atomic E-state index is 0.141. The Morgan fingerprint density at radius 3 is 2.66 bits per heavy atom. The van der Waals surface area contributed by atoms with E-state index < -0.39 is 41.2 Å². The number of esters is 1. The summed E-state index contributed by atoms with van der Waals surface area (Å²) in [6.07, 6.45) is 2.68. The first kappa shape index (κ1) is 22.5. The van der Waals surface area contributed by atoms with Crippen LogP contribution in [0.1, 0.15) is 45.2 Å². The van der Waals surface area contributed by atoms with Crippen LogP contribution in [0.25, 0.3) is 0 Å². The fraction of sp³-hybridized carbons (Fsp3) is 0.560. The van der Waals surface area contributed by atoms with Crippen LogP contribution in [0.15, 0.2) is 30.4 Å².